The molecule has 1 heterocycles. The lowest BCUT2D eigenvalue weighted by Crippen LogP contribution is -2.04. The molecule has 0 fully saturated rings. The number of thioether (sulfide) groups is 1. The minimum atomic E-state index is 0.341. The number of aromatic amines is 1. The molecule has 1 rings (SSSR count). The first-order chi connectivity index (χ1) is 6.83. The Morgan fingerprint density at radius 2 is 2.29 bits per heavy atom. The summed E-state index contributed by atoms with van der Waals surface area (Å²) < 4.78 is 10.1. The zero-order valence-corrected chi connectivity index (χ0v) is 8.84. The Kier molecular flexibility index (Phi) is 5.35. The van der Waals surface area contributed by atoms with Gasteiger partial charge in [0.05, 0.1) is 19.8 Å². The molecule has 3 N–H and O–H groups in total. The molecular formula is C7H14N4O2S. The number of nitrogens with two attached hydrogens (primary N) is 1. The van der Waals surface area contributed by atoms with E-state index in [0.717, 1.165) is 5.75 Å². The first-order valence-electron chi connectivity index (χ1n) is 4.20. The third-order valence-corrected chi connectivity index (χ3v) is 2.18. The van der Waals surface area contributed by atoms with Gasteiger partial charge in [0.25, 0.3) is 0 Å². The topological polar surface area (TPSA) is 86.0 Å². The summed E-state index contributed by atoms with van der Waals surface area (Å²) in [7, 11) is 1.65. The number of nitrogen functional groups attached to an aromatic ring is 1. The highest BCUT2D eigenvalue weighted by Crippen LogP contribution is 2.11. The third-order valence-electron chi connectivity index (χ3n) is 1.37. The number of rotatable bonds is 7. The maximum absolute atomic E-state index is 5.36. The van der Waals surface area contributed by atoms with Crippen LogP contribution in [0.1, 0.15) is 0 Å². The number of nitrogens with zero attached hydrogens (tertiary/aromatic N) is 2. The first-order valence-corrected chi connectivity index (χ1v) is 5.19. The standard InChI is InChI=1S/C7H14N4O2S/c1-12-2-3-13-4-5-14-7-9-6(8)10-11-7/h2-5H2,1H3,(H3,8,9,10,11). The van der Waals surface area contributed by atoms with Gasteiger partial charge >= 0.3 is 0 Å². The Labute approximate surface area is 86.6 Å². The van der Waals surface area contributed by atoms with Crippen LogP contribution in [0.25, 0.3) is 0 Å². The largest absolute Gasteiger partial charge is 0.382 e. The van der Waals surface area contributed by atoms with Gasteiger partial charge in [0.15, 0.2) is 0 Å². The molecule has 0 aliphatic heterocycles. The van der Waals surface area contributed by atoms with Gasteiger partial charge in [0, 0.05) is 12.9 Å². The van der Waals surface area contributed by atoms with Crippen molar-refractivity contribution in [1.82, 2.24) is 15.2 Å². The lowest BCUT2D eigenvalue weighted by molar-refractivity contribution is 0.0790. The molecule has 14 heavy (non-hydrogen) atoms. The van der Waals surface area contributed by atoms with E-state index in [-0.39, 0.29) is 0 Å². The van der Waals surface area contributed by atoms with Crippen molar-refractivity contribution in [2.24, 2.45) is 0 Å². The average molecular weight is 218 g/mol. The Hall–Kier alpha value is -0.790. The minimum absolute atomic E-state index is 0.341. The molecule has 0 atom stereocenters. The molecule has 0 unspecified atom stereocenters. The number of H-pyrrole nitrogens is 1. The highest BCUT2D eigenvalue weighted by atomic mass is 32.2. The quantitative estimate of drug-likeness (QED) is 0.500. The number of methoxy groups -OCH3 is 1. The molecule has 80 valence electrons. The Bertz CT molecular complexity index is 256. The van der Waals surface area contributed by atoms with Gasteiger partial charge in [-0.15, -0.1) is 5.10 Å². The van der Waals surface area contributed by atoms with Gasteiger partial charge in [-0.3, -0.25) is 0 Å². The zero-order chi connectivity index (χ0) is 10.2. The van der Waals surface area contributed by atoms with E-state index in [2.05, 4.69) is 15.2 Å². The molecule has 0 aliphatic rings. The van der Waals surface area contributed by atoms with Crippen LogP contribution in [0.4, 0.5) is 5.95 Å². The van der Waals surface area contributed by atoms with Crippen LogP contribution in [0.15, 0.2) is 5.16 Å². The van der Waals surface area contributed by atoms with E-state index in [1.165, 1.54) is 11.8 Å². The van der Waals surface area contributed by atoms with Gasteiger partial charge in [-0.2, -0.15) is 4.98 Å². The van der Waals surface area contributed by atoms with E-state index < -0.39 is 0 Å². The van der Waals surface area contributed by atoms with Crippen LogP contribution in [0, 0.1) is 0 Å². The summed E-state index contributed by atoms with van der Waals surface area (Å²) in [4.78, 5) is 3.94. The maximum Gasteiger partial charge on any atom is 0.216 e. The molecule has 1 aromatic heterocycles. The van der Waals surface area contributed by atoms with Crippen molar-refractivity contribution in [2.75, 3.05) is 38.4 Å². The van der Waals surface area contributed by atoms with E-state index in [9.17, 15) is 0 Å². The van der Waals surface area contributed by atoms with E-state index in [0.29, 0.717) is 30.9 Å². The summed E-state index contributed by atoms with van der Waals surface area (Å²) in [5.74, 6) is 1.15. The highest BCUT2D eigenvalue weighted by Gasteiger charge is 1.99. The summed E-state index contributed by atoms with van der Waals surface area (Å²) in [6.45, 7) is 1.90. The fraction of sp³-hybridized carbons (Fsp3) is 0.714. The fourth-order valence-electron chi connectivity index (χ4n) is 0.759. The number of ether oxygens (including phenoxy) is 2. The molecule has 0 bridgehead atoms. The number of aromatic nitrogens is 3. The Morgan fingerprint density at radius 3 is 2.93 bits per heavy atom. The first kappa shape index (κ1) is 11.3. The Balaban J connectivity index is 1.99. The van der Waals surface area contributed by atoms with Crippen LogP contribution >= 0.6 is 11.8 Å². The predicted octanol–water partition coefficient (Wildman–Crippen LogP) is 0.142. The van der Waals surface area contributed by atoms with E-state index in [1.807, 2.05) is 0 Å². The molecular weight excluding hydrogens is 204 g/mol. The van der Waals surface area contributed by atoms with Gasteiger partial charge in [0.2, 0.25) is 11.1 Å². The number of anilines is 1. The van der Waals surface area contributed by atoms with Gasteiger partial charge in [-0.25, -0.2) is 5.10 Å². The smallest absolute Gasteiger partial charge is 0.216 e. The molecule has 0 aromatic carbocycles. The van der Waals surface area contributed by atoms with Crippen molar-refractivity contribution < 1.29 is 9.47 Å². The summed E-state index contributed by atoms with van der Waals surface area (Å²) in [5, 5.41) is 7.09. The molecule has 0 aliphatic carbocycles. The van der Waals surface area contributed by atoms with Gasteiger partial charge in [0.1, 0.15) is 0 Å². The molecule has 0 radical (unpaired) electrons. The SMILES string of the molecule is COCCOCCSc1n[nH]c(N)n1. The van der Waals surface area contributed by atoms with Crippen molar-refractivity contribution in [2.45, 2.75) is 5.16 Å². The second-order valence-corrected chi connectivity index (χ2v) is 3.52. The molecule has 0 saturated heterocycles. The number of hydrogen-bond donors (Lipinski definition) is 2. The van der Waals surface area contributed by atoms with Gasteiger partial charge in [-0.1, -0.05) is 11.8 Å². The average Bonchev–Trinajstić information content (AvgIpc) is 2.58. The second-order valence-electron chi connectivity index (χ2n) is 2.46. The molecule has 7 heteroatoms. The zero-order valence-electron chi connectivity index (χ0n) is 8.02. The second kappa shape index (κ2) is 6.63. The van der Waals surface area contributed by atoms with E-state index in [1.54, 1.807) is 7.11 Å². The van der Waals surface area contributed by atoms with Crippen molar-refractivity contribution in [1.29, 1.82) is 0 Å². The monoisotopic (exact) mass is 218 g/mol. The van der Waals surface area contributed by atoms with Crippen molar-refractivity contribution in [3.8, 4) is 0 Å². The number of hydrogen-bond acceptors (Lipinski definition) is 6. The third kappa shape index (κ3) is 4.45. The van der Waals surface area contributed by atoms with Crippen LogP contribution in [-0.4, -0.2) is 47.9 Å². The normalized spacial score (nSPS) is 10.6. The molecule has 0 saturated carbocycles. The van der Waals surface area contributed by atoms with Gasteiger partial charge in [-0.05, 0) is 0 Å². The van der Waals surface area contributed by atoms with Crippen LogP contribution in [-0.2, 0) is 9.47 Å². The Morgan fingerprint density at radius 1 is 1.43 bits per heavy atom. The van der Waals surface area contributed by atoms with Crippen molar-refractivity contribution >= 4 is 17.7 Å². The van der Waals surface area contributed by atoms with Crippen molar-refractivity contribution in [3.63, 3.8) is 0 Å². The lowest BCUT2D eigenvalue weighted by atomic mass is 10.7. The van der Waals surface area contributed by atoms with Crippen LogP contribution in [0.3, 0.4) is 0 Å². The van der Waals surface area contributed by atoms with E-state index >= 15 is 0 Å². The molecule has 0 amide bonds. The van der Waals surface area contributed by atoms with E-state index in [4.69, 9.17) is 15.2 Å². The van der Waals surface area contributed by atoms with Crippen molar-refractivity contribution in [3.05, 3.63) is 0 Å². The predicted molar refractivity (Wildman–Crippen MR) is 54.2 cm³/mol. The highest BCUT2D eigenvalue weighted by molar-refractivity contribution is 7.99. The summed E-state index contributed by atoms with van der Waals surface area (Å²) >= 11 is 1.50. The maximum atomic E-state index is 5.36. The minimum Gasteiger partial charge on any atom is -0.382 e. The summed E-state index contributed by atoms with van der Waals surface area (Å²) in [5.41, 5.74) is 5.36. The molecule has 6 nitrogen and oxygen atoms in total. The van der Waals surface area contributed by atoms with Crippen LogP contribution in [0.2, 0.25) is 0 Å². The molecule has 1 aromatic rings. The van der Waals surface area contributed by atoms with Crippen LogP contribution < -0.4 is 5.73 Å². The number of nitrogens with one attached hydrogen (secondary N) is 1. The summed E-state index contributed by atoms with van der Waals surface area (Å²) in [6, 6.07) is 0. The summed E-state index contributed by atoms with van der Waals surface area (Å²) in [6.07, 6.45) is 0. The molecule has 0 spiro atoms. The fourth-order valence-corrected chi connectivity index (χ4v) is 1.42. The lowest BCUT2D eigenvalue weighted by Gasteiger charge is -2.00. The van der Waals surface area contributed by atoms with Crippen LogP contribution in [0.5, 0.6) is 0 Å². The van der Waals surface area contributed by atoms with Gasteiger partial charge < -0.3 is 15.2 Å².